The van der Waals surface area contributed by atoms with Crippen LogP contribution in [-0.2, 0) is 0 Å². The molecule has 0 saturated heterocycles. The van der Waals surface area contributed by atoms with Crippen LogP contribution in [0.4, 0.5) is 0 Å². The Morgan fingerprint density at radius 2 is 2.44 bits per heavy atom. The molecule has 1 heterocycles. The normalized spacial score (nSPS) is 25.1. The van der Waals surface area contributed by atoms with Crippen molar-refractivity contribution >= 4 is 17.2 Å². The summed E-state index contributed by atoms with van der Waals surface area (Å²) in [7, 11) is 0. The highest BCUT2D eigenvalue weighted by Gasteiger charge is 2.24. The Bertz CT molecular complexity index is 416. The first-order valence-corrected chi connectivity index (χ1v) is 7.45. The van der Waals surface area contributed by atoms with Gasteiger partial charge in [-0.15, -0.1) is 11.3 Å². The van der Waals surface area contributed by atoms with E-state index in [4.69, 9.17) is 5.73 Å². The number of hydrogen-bond acceptors (Lipinski definition) is 4. The lowest BCUT2D eigenvalue weighted by atomic mass is 9.98. The predicted molar refractivity (Wildman–Crippen MR) is 73.6 cm³/mol. The third-order valence-corrected chi connectivity index (χ3v) is 4.75. The second-order valence-electron chi connectivity index (χ2n) is 5.24. The van der Waals surface area contributed by atoms with Crippen molar-refractivity contribution in [1.29, 1.82) is 0 Å². The summed E-state index contributed by atoms with van der Waals surface area (Å²) in [5.41, 5.74) is 6.23. The van der Waals surface area contributed by atoms with Gasteiger partial charge in [-0.1, -0.05) is 19.8 Å². The summed E-state index contributed by atoms with van der Waals surface area (Å²) >= 11 is 1.45. The number of thiazole rings is 1. The van der Waals surface area contributed by atoms with Gasteiger partial charge in [-0.05, 0) is 25.2 Å². The monoisotopic (exact) mass is 267 g/mol. The van der Waals surface area contributed by atoms with Gasteiger partial charge in [-0.2, -0.15) is 0 Å². The first-order valence-electron chi connectivity index (χ1n) is 6.57. The van der Waals surface area contributed by atoms with E-state index >= 15 is 0 Å². The minimum atomic E-state index is -0.105. The summed E-state index contributed by atoms with van der Waals surface area (Å²) < 4.78 is 0. The maximum absolute atomic E-state index is 11.9. The third-order valence-electron chi connectivity index (χ3n) is 3.71. The van der Waals surface area contributed by atoms with Gasteiger partial charge in [0.15, 0.2) is 0 Å². The molecule has 2 rings (SSSR count). The number of amides is 1. The number of nitrogens with zero attached hydrogens (tertiary/aromatic N) is 1. The van der Waals surface area contributed by atoms with Crippen molar-refractivity contribution in [2.24, 2.45) is 17.6 Å². The van der Waals surface area contributed by atoms with E-state index < -0.39 is 0 Å². The molecular formula is C13H21N3OS. The number of rotatable bonds is 4. The molecule has 3 atom stereocenters. The topological polar surface area (TPSA) is 68.0 Å². The zero-order valence-electron chi connectivity index (χ0n) is 11.0. The van der Waals surface area contributed by atoms with Crippen molar-refractivity contribution < 1.29 is 4.79 Å². The van der Waals surface area contributed by atoms with E-state index in [9.17, 15) is 4.79 Å². The molecule has 1 saturated carbocycles. The quantitative estimate of drug-likeness (QED) is 0.879. The molecule has 1 fully saturated rings. The summed E-state index contributed by atoms with van der Waals surface area (Å²) in [6, 6.07) is -0.105. The van der Waals surface area contributed by atoms with Crippen molar-refractivity contribution in [3.63, 3.8) is 0 Å². The molecule has 1 aromatic rings. The molecule has 1 aromatic heterocycles. The van der Waals surface area contributed by atoms with E-state index in [-0.39, 0.29) is 11.9 Å². The van der Waals surface area contributed by atoms with E-state index in [1.165, 1.54) is 30.6 Å². The Labute approximate surface area is 112 Å². The lowest BCUT2D eigenvalue weighted by Crippen LogP contribution is -2.30. The van der Waals surface area contributed by atoms with E-state index in [1.807, 2.05) is 6.92 Å². The Balaban J connectivity index is 1.87. The SMILES string of the molecule is CC(N)c1nc(C(=O)NCC2CCCC2C)cs1. The highest BCUT2D eigenvalue weighted by Crippen LogP contribution is 2.30. The first-order chi connectivity index (χ1) is 8.58. The smallest absolute Gasteiger partial charge is 0.270 e. The van der Waals surface area contributed by atoms with Crippen molar-refractivity contribution in [3.05, 3.63) is 16.1 Å². The first kappa shape index (κ1) is 13.5. The van der Waals surface area contributed by atoms with Crippen LogP contribution in [0.5, 0.6) is 0 Å². The second kappa shape index (κ2) is 5.80. The van der Waals surface area contributed by atoms with Crippen LogP contribution in [0.15, 0.2) is 5.38 Å². The number of aromatic nitrogens is 1. The predicted octanol–water partition coefficient (Wildman–Crippen LogP) is 2.33. The van der Waals surface area contributed by atoms with E-state index in [1.54, 1.807) is 5.38 Å². The van der Waals surface area contributed by atoms with Crippen molar-refractivity contribution in [2.75, 3.05) is 6.54 Å². The number of carbonyl (C=O) groups is 1. The molecular weight excluding hydrogens is 246 g/mol. The lowest BCUT2D eigenvalue weighted by Gasteiger charge is -2.15. The fourth-order valence-corrected chi connectivity index (χ4v) is 3.20. The van der Waals surface area contributed by atoms with Gasteiger partial charge in [-0.25, -0.2) is 4.98 Å². The van der Waals surface area contributed by atoms with Crippen LogP contribution in [-0.4, -0.2) is 17.4 Å². The molecule has 1 aliphatic carbocycles. The van der Waals surface area contributed by atoms with Crippen molar-refractivity contribution in [3.8, 4) is 0 Å². The maximum Gasteiger partial charge on any atom is 0.270 e. The molecule has 5 heteroatoms. The van der Waals surface area contributed by atoms with Gasteiger partial charge in [0.2, 0.25) is 0 Å². The molecule has 100 valence electrons. The van der Waals surface area contributed by atoms with E-state index in [0.717, 1.165) is 17.5 Å². The van der Waals surface area contributed by atoms with Gasteiger partial charge in [0.25, 0.3) is 5.91 Å². The summed E-state index contributed by atoms with van der Waals surface area (Å²) in [5, 5.41) is 5.59. The Hall–Kier alpha value is -0.940. The number of hydrogen-bond donors (Lipinski definition) is 2. The van der Waals surface area contributed by atoms with Gasteiger partial charge in [0.1, 0.15) is 10.7 Å². The Morgan fingerprint density at radius 1 is 1.67 bits per heavy atom. The summed E-state index contributed by atoms with van der Waals surface area (Å²) in [4.78, 5) is 16.2. The molecule has 4 nitrogen and oxygen atoms in total. The summed E-state index contributed by atoms with van der Waals surface area (Å²) in [6.45, 7) is 4.91. The highest BCUT2D eigenvalue weighted by molar-refractivity contribution is 7.09. The van der Waals surface area contributed by atoms with Crippen molar-refractivity contribution in [1.82, 2.24) is 10.3 Å². The largest absolute Gasteiger partial charge is 0.350 e. The van der Waals surface area contributed by atoms with E-state index in [2.05, 4.69) is 17.2 Å². The van der Waals surface area contributed by atoms with Crippen LogP contribution in [0.1, 0.15) is 54.6 Å². The third kappa shape index (κ3) is 3.09. The standard InChI is InChI=1S/C13H21N3OS/c1-8-4-3-5-10(8)6-15-12(17)11-7-18-13(16-11)9(2)14/h7-10H,3-6,14H2,1-2H3,(H,15,17). The fraction of sp³-hybridized carbons (Fsp3) is 0.692. The van der Waals surface area contributed by atoms with Gasteiger partial charge >= 0.3 is 0 Å². The molecule has 18 heavy (non-hydrogen) atoms. The molecule has 0 spiro atoms. The van der Waals surface area contributed by atoms with Gasteiger partial charge < -0.3 is 11.1 Å². The van der Waals surface area contributed by atoms with Gasteiger partial charge in [0.05, 0.1) is 6.04 Å². The Kier molecular flexibility index (Phi) is 4.35. The number of carbonyl (C=O) groups excluding carboxylic acids is 1. The summed E-state index contributed by atoms with van der Waals surface area (Å²) in [6.07, 6.45) is 3.79. The zero-order chi connectivity index (χ0) is 13.1. The van der Waals surface area contributed by atoms with Crippen LogP contribution in [0.2, 0.25) is 0 Å². The Morgan fingerprint density at radius 3 is 3.00 bits per heavy atom. The fourth-order valence-electron chi connectivity index (χ4n) is 2.44. The average Bonchev–Trinajstić information content (AvgIpc) is 2.94. The molecule has 1 aliphatic rings. The molecule has 0 radical (unpaired) electrons. The van der Waals surface area contributed by atoms with Crippen molar-refractivity contribution in [2.45, 2.75) is 39.2 Å². The van der Waals surface area contributed by atoms with Crippen LogP contribution >= 0.6 is 11.3 Å². The van der Waals surface area contributed by atoms with E-state index in [0.29, 0.717) is 11.6 Å². The molecule has 0 aromatic carbocycles. The molecule has 3 unspecified atom stereocenters. The lowest BCUT2D eigenvalue weighted by molar-refractivity contribution is 0.0940. The van der Waals surface area contributed by atoms with Gasteiger partial charge in [-0.3, -0.25) is 4.79 Å². The zero-order valence-corrected chi connectivity index (χ0v) is 11.8. The molecule has 0 aliphatic heterocycles. The minimum absolute atomic E-state index is 0.0720. The second-order valence-corrected chi connectivity index (χ2v) is 6.13. The van der Waals surface area contributed by atoms with Crippen LogP contribution in [0, 0.1) is 11.8 Å². The minimum Gasteiger partial charge on any atom is -0.350 e. The molecule has 3 N–H and O–H groups in total. The average molecular weight is 267 g/mol. The van der Waals surface area contributed by atoms with Crippen LogP contribution in [0.3, 0.4) is 0 Å². The maximum atomic E-state index is 11.9. The summed E-state index contributed by atoms with van der Waals surface area (Å²) in [5.74, 6) is 1.28. The number of nitrogens with two attached hydrogens (primary N) is 1. The number of nitrogens with one attached hydrogen (secondary N) is 1. The van der Waals surface area contributed by atoms with Crippen LogP contribution < -0.4 is 11.1 Å². The molecule has 1 amide bonds. The molecule has 0 bridgehead atoms. The highest BCUT2D eigenvalue weighted by atomic mass is 32.1. The van der Waals surface area contributed by atoms with Gasteiger partial charge in [0, 0.05) is 11.9 Å². The van der Waals surface area contributed by atoms with Crippen LogP contribution in [0.25, 0.3) is 0 Å².